The van der Waals surface area contributed by atoms with Crippen LogP contribution in [0.25, 0.3) is 0 Å². The van der Waals surface area contributed by atoms with Gasteiger partial charge in [0.2, 0.25) is 0 Å². The Morgan fingerprint density at radius 2 is 2.02 bits per heavy atom. The topological polar surface area (TPSA) is 67.9 Å². The van der Waals surface area contributed by atoms with Crippen LogP contribution in [0.4, 0.5) is 5.69 Å². The lowest BCUT2D eigenvalue weighted by atomic mass is 9.64. The Morgan fingerprint density at radius 1 is 1.23 bits per heavy atom. The van der Waals surface area contributed by atoms with Crippen molar-refractivity contribution in [2.24, 2.45) is 17.8 Å². The van der Waals surface area contributed by atoms with E-state index in [4.69, 9.17) is 21.1 Å². The predicted octanol–water partition coefficient (Wildman–Crippen LogP) is 7.37. The molecule has 1 fully saturated rings. The standard InChI is InChI=1S/C35H49ClN2O4S/c1-7-9-27-19-30(36)13-14-31(27)29-21-38(33-18-26(22-39)11-16-34(33)42-23-29)20-28-12-15-32(28)35(4,41-6)17-8-10-24(2)25(3)43(40)37-5/h8,11,13-14,16-19,22,24-25,28-29,32,37H,7,9-10,12,15,20-21,23H2,1-6H3/b17-8+/t24?,25?,28?,29?,32?,35-,43?/m0/s1. The molecule has 236 valence electrons. The molecule has 1 saturated carbocycles. The number of nitrogens with zero attached hydrogens (tertiary/aromatic N) is 1. The number of aldehydes is 1. The van der Waals surface area contributed by atoms with Crippen LogP contribution in [-0.4, -0.2) is 55.2 Å². The van der Waals surface area contributed by atoms with Crippen LogP contribution < -0.4 is 14.4 Å². The lowest BCUT2D eigenvalue weighted by molar-refractivity contribution is -0.0620. The van der Waals surface area contributed by atoms with Crippen LogP contribution in [0.5, 0.6) is 5.75 Å². The van der Waals surface area contributed by atoms with Crippen LogP contribution >= 0.6 is 11.6 Å². The summed E-state index contributed by atoms with van der Waals surface area (Å²) in [5.74, 6) is 2.07. The highest BCUT2D eigenvalue weighted by Gasteiger charge is 2.44. The third kappa shape index (κ3) is 7.91. The Hall–Kier alpha value is -2.19. The van der Waals surface area contributed by atoms with Crippen molar-refractivity contribution in [3.8, 4) is 5.75 Å². The molecule has 0 radical (unpaired) electrons. The van der Waals surface area contributed by atoms with Crippen LogP contribution in [0, 0.1) is 17.8 Å². The molecule has 0 spiro atoms. The van der Waals surface area contributed by atoms with Gasteiger partial charge < -0.3 is 14.4 Å². The van der Waals surface area contributed by atoms with Crippen molar-refractivity contribution in [2.45, 2.75) is 76.6 Å². The molecule has 1 N–H and O–H groups in total. The van der Waals surface area contributed by atoms with E-state index in [0.717, 1.165) is 67.9 Å². The molecule has 8 heteroatoms. The number of methoxy groups -OCH3 is 1. The molecular weight excluding hydrogens is 580 g/mol. The van der Waals surface area contributed by atoms with Crippen molar-refractivity contribution in [1.29, 1.82) is 0 Å². The number of rotatable bonds is 14. The number of allylic oxidation sites excluding steroid dienone is 1. The predicted molar refractivity (Wildman–Crippen MR) is 179 cm³/mol. The van der Waals surface area contributed by atoms with Gasteiger partial charge in [0.05, 0.1) is 28.9 Å². The summed E-state index contributed by atoms with van der Waals surface area (Å²) in [7, 11) is 2.50. The van der Waals surface area contributed by atoms with Crippen molar-refractivity contribution in [2.75, 3.05) is 38.8 Å². The first-order valence-corrected chi connectivity index (χ1v) is 17.3. The van der Waals surface area contributed by atoms with Crippen LogP contribution in [-0.2, 0) is 22.1 Å². The molecule has 2 aromatic rings. The first-order valence-electron chi connectivity index (χ1n) is 15.7. The number of anilines is 1. The van der Waals surface area contributed by atoms with Crippen LogP contribution in [0.1, 0.15) is 80.8 Å². The SMILES string of the molecule is CCCc1cc(Cl)ccc1C1COc2ccc(C=O)cc2N(CC2CCC2[C@](C)(/C=C/CC(C)C(C)S(=O)NC)OC)C1. The van der Waals surface area contributed by atoms with Crippen LogP contribution in [0.3, 0.4) is 0 Å². The summed E-state index contributed by atoms with van der Waals surface area (Å²) in [5, 5.41) is 0.828. The van der Waals surface area contributed by atoms with Crippen LogP contribution in [0.15, 0.2) is 48.6 Å². The lowest BCUT2D eigenvalue weighted by Crippen LogP contribution is -2.49. The van der Waals surface area contributed by atoms with E-state index in [1.54, 1.807) is 14.2 Å². The highest BCUT2D eigenvalue weighted by Crippen LogP contribution is 2.46. The summed E-state index contributed by atoms with van der Waals surface area (Å²) in [6, 6.07) is 12.0. The molecule has 0 aromatic heterocycles. The second-order valence-corrected chi connectivity index (χ2v) is 14.7. The second-order valence-electron chi connectivity index (χ2n) is 12.5. The molecule has 0 bridgehead atoms. The molecule has 2 aromatic carbocycles. The minimum Gasteiger partial charge on any atom is -0.491 e. The fraction of sp³-hybridized carbons (Fsp3) is 0.571. The summed E-state index contributed by atoms with van der Waals surface area (Å²) in [6.07, 6.45) is 10.4. The smallest absolute Gasteiger partial charge is 0.150 e. The third-order valence-electron chi connectivity index (χ3n) is 9.75. The fourth-order valence-electron chi connectivity index (χ4n) is 6.68. The number of fused-ring (bicyclic) bond motifs is 1. The number of ether oxygens (including phenoxy) is 2. The first kappa shape index (κ1) is 33.7. The Bertz CT molecular complexity index is 1300. The maximum Gasteiger partial charge on any atom is 0.150 e. The van der Waals surface area contributed by atoms with Gasteiger partial charge >= 0.3 is 0 Å². The van der Waals surface area contributed by atoms with Gasteiger partial charge in [-0.25, -0.2) is 8.93 Å². The Labute approximate surface area is 266 Å². The molecule has 1 aliphatic carbocycles. The molecule has 4 rings (SSSR count). The van der Waals surface area contributed by atoms with E-state index in [1.165, 1.54) is 11.1 Å². The van der Waals surface area contributed by atoms with E-state index in [2.05, 4.69) is 54.7 Å². The summed E-state index contributed by atoms with van der Waals surface area (Å²) in [5.41, 5.74) is 3.81. The number of benzene rings is 2. The van der Waals surface area contributed by atoms with Gasteiger partial charge in [0.25, 0.3) is 0 Å². The molecule has 1 aliphatic heterocycles. The summed E-state index contributed by atoms with van der Waals surface area (Å²) in [6.45, 7) is 10.8. The lowest BCUT2D eigenvalue weighted by Gasteiger charge is -2.48. The van der Waals surface area contributed by atoms with Gasteiger partial charge in [-0.15, -0.1) is 0 Å². The van der Waals surface area contributed by atoms with E-state index in [9.17, 15) is 9.00 Å². The van der Waals surface area contributed by atoms with Crippen molar-refractivity contribution < 1.29 is 18.5 Å². The highest BCUT2D eigenvalue weighted by molar-refractivity contribution is 7.83. The Morgan fingerprint density at radius 3 is 2.67 bits per heavy atom. The quantitative estimate of drug-likeness (QED) is 0.175. The van der Waals surface area contributed by atoms with Gasteiger partial charge in [-0.1, -0.05) is 50.1 Å². The molecular formula is C35H49ClN2O4S. The van der Waals surface area contributed by atoms with Gasteiger partial charge in [0, 0.05) is 42.0 Å². The summed E-state index contributed by atoms with van der Waals surface area (Å²) >= 11 is 6.41. The van der Waals surface area contributed by atoms with Gasteiger partial charge in [0.1, 0.15) is 12.0 Å². The minimum absolute atomic E-state index is 0.0629. The van der Waals surface area contributed by atoms with Crippen molar-refractivity contribution >= 4 is 34.6 Å². The maximum absolute atomic E-state index is 12.2. The zero-order chi connectivity index (χ0) is 31.1. The monoisotopic (exact) mass is 628 g/mol. The number of aryl methyl sites for hydroxylation is 1. The van der Waals surface area contributed by atoms with E-state index >= 15 is 0 Å². The molecule has 1 heterocycles. The summed E-state index contributed by atoms with van der Waals surface area (Å²) in [4.78, 5) is 14.2. The van der Waals surface area contributed by atoms with Crippen molar-refractivity contribution in [3.63, 3.8) is 0 Å². The first-order chi connectivity index (χ1) is 20.6. The average Bonchev–Trinajstić information content (AvgIpc) is 3.17. The number of nitrogens with one attached hydrogen (secondary N) is 1. The highest BCUT2D eigenvalue weighted by atomic mass is 35.5. The normalized spacial score (nSPS) is 23.8. The van der Waals surface area contributed by atoms with E-state index in [-0.39, 0.29) is 17.1 Å². The third-order valence-corrected chi connectivity index (χ3v) is 11.5. The molecule has 0 saturated heterocycles. The van der Waals surface area contributed by atoms with E-state index in [1.807, 2.05) is 31.2 Å². The van der Waals surface area contributed by atoms with E-state index < -0.39 is 16.6 Å². The van der Waals surface area contributed by atoms with Gasteiger partial charge in [-0.05, 0) is 106 Å². The second kappa shape index (κ2) is 15.2. The average molecular weight is 629 g/mol. The maximum atomic E-state index is 12.2. The zero-order valence-electron chi connectivity index (χ0n) is 26.6. The Balaban J connectivity index is 1.57. The molecule has 2 aliphatic rings. The summed E-state index contributed by atoms with van der Waals surface area (Å²) < 4.78 is 27.7. The molecule has 0 amide bonds. The molecule has 6 unspecified atom stereocenters. The van der Waals surface area contributed by atoms with Gasteiger partial charge in [0.15, 0.2) is 0 Å². The molecule has 6 nitrogen and oxygen atoms in total. The zero-order valence-corrected chi connectivity index (χ0v) is 28.2. The van der Waals surface area contributed by atoms with Crippen molar-refractivity contribution in [1.82, 2.24) is 4.72 Å². The van der Waals surface area contributed by atoms with Crippen molar-refractivity contribution in [3.05, 3.63) is 70.3 Å². The number of carbonyl (C=O) groups is 1. The van der Waals surface area contributed by atoms with Gasteiger partial charge in [-0.3, -0.25) is 4.79 Å². The Kier molecular flexibility index (Phi) is 11.9. The fourth-order valence-corrected chi connectivity index (χ4v) is 7.78. The van der Waals surface area contributed by atoms with Gasteiger partial charge in [-0.2, -0.15) is 0 Å². The minimum atomic E-state index is -1.04. The molecule has 7 atom stereocenters. The van der Waals surface area contributed by atoms with Crippen LogP contribution in [0.2, 0.25) is 5.02 Å². The number of hydrogen-bond acceptors (Lipinski definition) is 5. The number of hydrogen-bond donors (Lipinski definition) is 1. The number of halogens is 1. The largest absolute Gasteiger partial charge is 0.491 e. The molecule has 43 heavy (non-hydrogen) atoms. The number of carbonyl (C=O) groups excluding carboxylic acids is 1. The van der Waals surface area contributed by atoms with E-state index in [0.29, 0.717) is 24.0 Å².